The summed E-state index contributed by atoms with van der Waals surface area (Å²) in [5.41, 5.74) is -0.124. The van der Waals surface area contributed by atoms with Crippen LogP contribution in [0.4, 0.5) is 0 Å². The first-order chi connectivity index (χ1) is 10.3. The molecule has 2 fully saturated rings. The van der Waals surface area contributed by atoms with E-state index in [0.717, 1.165) is 5.69 Å². The summed E-state index contributed by atoms with van der Waals surface area (Å²) in [5.74, 6) is -0.749. The number of carboxylic acids is 1. The van der Waals surface area contributed by atoms with Crippen molar-refractivity contribution in [1.82, 2.24) is 15.0 Å². The van der Waals surface area contributed by atoms with Crippen molar-refractivity contribution in [3.05, 3.63) is 17.5 Å². The minimum absolute atomic E-state index is 0.0357. The van der Waals surface area contributed by atoms with Crippen LogP contribution in [0.5, 0.6) is 0 Å². The molecule has 7 heteroatoms. The fourth-order valence-electron chi connectivity index (χ4n) is 3.59. The minimum Gasteiger partial charge on any atom is -0.481 e. The summed E-state index contributed by atoms with van der Waals surface area (Å²) in [6, 6.07) is 1.65. The Morgan fingerprint density at radius 3 is 2.68 bits per heavy atom. The van der Waals surface area contributed by atoms with Crippen LogP contribution < -0.4 is 0 Å². The molecule has 3 heterocycles. The number of carbonyl (C=O) groups excluding carboxylic acids is 1. The SMILES string of the molecule is CC(C)c1cc(C(=O)N2C[C@@H]3CN(C)C[C@]3(C(=O)O)C2)on1. The normalized spacial score (nSPS) is 28.4. The van der Waals surface area contributed by atoms with Crippen molar-refractivity contribution in [2.45, 2.75) is 19.8 Å². The number of hydrogen-bond acceptors (Lipinski definition) is 5. The monoisotopic (exact) mass is 307 g/mol. The zero-order chi connectivity index (χ0) is 16.1. The molecule has 0 aromatic carbocycles. The van der Waals surface area contributed by atoms with Crippen molar-refractivity contribution in [3.8, 4) is 0 Å². The first kappa shape index (κ1) is 15.0. The summed E-state index contributed by atoms with van der Waals surface area (Å²) in [6.07, 6.45) is 0. The topological polar surface area (TPSA) is 86.9 Å². The Kier molecular flexibility index (Phi) is 3.47. The lowest BCUT2D eigenvalue weighted by molar-refractivity contribution is -0.148. The molecule has 2 aliphatic heterocycles. The van der Waals surface area contributed by atoms with E-state index < -0.39 is 11.4 Å². The molecule has 1 aromatic heterocycles. The quantitative estimate of drug-likeness (QED) is 0.892. The second kappa shape index (κ2) is 5.08. The maximum absolute atomic E-state index is 12.5. The number of carbonyl (C=O) groups is 2. The number of rotatable bonds is 3. The van der Waals surface area contributed by atoms with Crippen LogP contribution >= 0.6 is 0 Å². The Balaban J connectivity index is 1.80. The number of amides is 1. The predicted octanol–water partition coefficient (Wildman–Crippen LogP) is 0.886. The van der Waals surface area contributed by atoms with E-state index >= 15 is 0 Å². The van der Waals surface area contributed by atoms with Gasteiger partial charge in [0, 0.05) is 38.2 Å². The van der Waals surface area contributed by atoms with Crippen molar-refractivity contribution in [3.63, 3.8) is 0 Å². The maximum Gasteiger partial charge on any atom is 0.313 e. The van der Waals surface area contributed by atoms with Crippen LogP contribution in [-0.2, 0) is 4.79 Å². The fraction of sp³-hybridized carbons (Fsp3) is 0.667. The number of carboxylic acid groups (broad SMARTS) is 1. The highest BCUT2D eigenvalue weighted by molar-refractivity contribution is 5.92. The molecule has 0 unspecified atom stereocenters. The summed E-state index contributed by atoms with van der Waals surface area (Å²) in [5, 5.41) is 13.5. The zero-order valence-corrected chi connectivity index (χ0v) is 13.1. The number of aromatic nitrogens is 1. The van der Waals surface area contributed by atoms with Gasteiger partial charge in [-0.15, -0.1) is 0 Å². The number of fused-ring (bicyclic) bond motifs is 1. The van der Waals surface area contributed by atoms with Crippen LogP contribution in [0.2, 0.25) is 0 Å². The summed E-state index contributed by atoms with van der Waals surface area (Å²) in [4.78, 5) is 27.9. The molecule has 0 radical (unpaired) electrons. The van der Waals surface area contributed by atoms with Gasteiger partial charge in [-0.3, -0.25) is 9.59 Å². The average molecular weight is 307 g/mol. The van der Waals surface area contributed by atoms with Crippen LogP contribution in [-0.4, -0.2) is 65.2 Å². The minimum atomic E-state index is -0.856. The van der Waals surface area contributed by atoms with E-state index in [-0.39, 0.29) is 30.0 Å². The van der Waals surface area contributed by atoms with Crippen LogP contribution in [0.3, 0.4) is 0 Å². The first-order valence-corrected chi connectivity index (χ1v) is 7.51. The highest BCUT2D eigenvalue weighted by Crippen LogP contribution is 2.42. The maximum atomic E-state index is 12.5. The van der Waals surface area contributed by atoms with Crippen LogP contribution in [0, 0.1) is 11.3 Å². The molecule has 2 aliphatic rings. The van der Waals surface area contributed by atoms with E-state index in [9.17, 15) is 14.7 Å². The van der Waals surface area contributed by atoms with Gasteiger partial charge in [0.1, 0.15) is 5.41 Å². The van der Waals surface area contributed by atoms with Crippen molar-refractivity contribution in [2.24, 2.45) is 11.3 Å². The summed E-state index contributed by atoms with van der Waals surface area (Å²) < 4.78 is 5.14. The van der Waals surface area contributed by atoms with E-state index in [2.05, 4.69) is 5.16 Å². The molecule has 2 saturated heterocycles. The van der Waals surface area contributed by atoms with Gasteiger partial charge in [0.25, 0.3) is 5.91 Å². The van der Waals surface area contributed by atoms with Crippen LogP contribution in [0.25, 0.3) is 0 Å². The van der Waals surface area contributed by atoms with E-state index in [1.54, 1.807) is 11.0 Å². The lowest BCUT2D eigenvalue weighted by atomic mass is 9.81. The molecule has 3 rings (SSSR count). The molecular weight excluding hydrogens is 286 g/mol. The molecule has 0 saturated carbocycles. The van der Waals surface area contributed by atoms with Crippen LogP contribution in [0.1, 0.15) is 36.0 Å². The third kappa shape index (κ3) is 2.20. The number of nitrogens with zero attached hydrogens (tertiary/aromatic N) is 3. The first-order valence-electron chi connectivity index (χ1n) is 7.51. The van der Waals surface area contributed by atoms with E-state index in [0.29, 0.717) is 19.6 Å². The number of aliphatic carboxylic acids is 1. The molecule has 1 amide bonds. The van der Waals surface area contributed by atoms with E-state index in [1.807, 2.05) is 25.8 Å². The van der Waals surface area contributed by atoms with E-state index in [4.69, 9.17) is 4.52 Å². The Morgan fingerprint density at radius 1 is 1.41 bits per heavy atom. The summed E-state index contributed by atoms with van der Waals surface area (Å²) >= 11 is 0. The summed E-state index contributed by atoms with van der Waals surface area (Å²) in [6.45, 7) is 5.80. The summed E-state index contributed by atoms with van der Waals surface area (Å²) in [7, 11) is 1.92. The largest absolute Gasteiger partial charge is 0.481 e. The Labute approximate surface area is 128 Å². The van der Waals surface area contributed by atoms with Crippen molar-refractivity contribution < 1.29 is 19.2 Å². The molecule has 0 spiro atoms. The predicted molar refractivity (Wildman–Crippen MR) is 77.6 cm³/mol. The molecule has 1 N–H and O–H groups in total. The Hall–Kier alpha value is -1.89. The van der Waals surface area contributed by atoms with E-state index in [1.165, 1.54) is 0 Å². The molecule has 0 aliphatic carbocycles. The van der Waals surface area contributed by atoms with Crippen LogP contribution in [0.15, 0.2) is 10.6 Å². The fourth-order valence-corrected chi connectivity index (χ4v) is 3.59. The van der Waals surface area contributed by atoms with Gasteiger partial charge in [0.2, 0.25) is 5.76 Å². The average Bonchev–Trinajstić information content (AvgIpc) is 3.09. The van der Waals surface area contributed by atoms with Gasteiger partial charge in [-0.25, -0.2) is 0 Å². The van der Waals surface area contributed by atoms with Crippen molar-refractivity contribution in [1.29, 1.82) is 0 Å². The van der Waals surface area contributed by atoms with Gasteiger partial charge < -0.3 is 19.4 Å². The molecule has 1 aromatic rings. The zero-order valence-electron chi connectivity index (χ0n) is 13.1. The second-order valence-corrected chi connectivity index (χ2v) is 6.81. The molecule has 0 bridgehead atoms. The van der Waals surface area contributed by atoms with Gasteiger partial charge in [-0.05, 0) is 13.0 Å². The standard InChI is InChI=1S/C15H21N3O4/c1-9(2)11-4-12(22-16-11)13(19)18-6-10-5-17(3)7-15(10,8-18)14(20)21/h4,9-10H,5-8H2,1-3H3,(H,20,21)/t10-,15-/m0/s1. The molecular formula is C15H21N3O4. The molecule has 22 heavy (non-hydrogen) atoms. The number of likely N-dealkylation sites (tertiary alicyclic amines) is 2. The highest BCUT2D eigenvalue weighted by atomic mass is 16.5. The van der Waals surface area contributed by atoms with Crippen molar-refractivity contribution >= 4 is 11.9 Å². The second-order valence-electron chi connectivity index (χ2n) is 6.81. The Morgan fingerprint density at radius 2 is 2.14 bits per heavy atom. The van der Waals surface area contributed by atoms with Gasteiger partial charge >= 0.3 is 5.97 Å². The smallest absolute Gasteiger partial charge is 0.313 e. The van der Waals surface area contributed by atoms with Crippen molar-refractivity contribution in [2.75, 3.05) is 33.2 Å². The third-order valence-electron chi connectivity index (χ3n) is 4.82. The lowest BCUT2D eigenvalue weighted by Gasteiger charge is -2.23. The van der Waals surface area contributed by atoms with Gasteiger partial charge in [0.05, 0.1) is 5.69 Å². The lowest BCUT2D eigenvalue weighted by Crippen LogP contribution is -2.41. The third-order valence-corrected chi connectivity index (χ3v) is 4.82. The molecule has 2 atom stereocenters. The van der Waals surface area contributed by atoms with Gasteiger partial charge in [-0.2, -0.15) is 0 Å². The molecule has 7 nitrogen and oxygen atoms in total. The number of hydrogen-bond donors (Lipinski definition) is 1. The molecule has 120 valence electrons. The highest BCUT2D eigenvalue weighted by Gasteiger charge is 2.58. The van der Waals surface area contributed by atoms with Gasteiger partial charge in [0.15, 0.2) is 0 Å². The van der Waals surface area contributed by atoms with Gasteiger partial charge in [-0.1, -0.05) is 19.0 Å². The Bertz CT molecular complexity index is 612.